The smallest absolute Gasteiger partial charge is 0.307 e. The zero-order valence-corrected chi connectivity index (χ0v) is 10.9. The molecular weight excluding hydrogens is 242 g/mol. The summed E-state index contributed by atoms with van der Waals surface area (Å²) in [6.45, 7) is 2.01. The van der Waals surface area contributed by atoms with Crippen LogP contribution in [0.3, 0.4) is 0 Å². The first-order chi connectivity index (χ1) is 9.15. The second kappa shape index (κ2) is 4.68. The number of benzene rings is 1. The minimum Gasteiger partial charge on any atom is -0.481 e. The molecule has 0 radical (unpaired) electrons. The molecule has 2 aromatic rings. The van der Waals surface area contributed by atoms with Gasteiger partial charge in [0, 0.05) is 5.92 Å². The van der Waals surface area contributed by atoms with Crippen molar-refractivity contribution in [3.05, 3.63) is 29.7 Å². The fourth-order valence-electron chi connectivity index (χ4n) is 2.94. The summed E-state index contributed by atoms with van der Waals surface area (Å²) in [5, 5.41) is 9.32. The van der Waals surface area contributed by atoms with Crippen LogP contribution in [0.4, 0.5) is 0 Å². The summed E-state index contributed by atoms with van der Waals surface area (Å²) in [6.07, 6.45) is 3.60. The number of aryl methyl sites for hydroxylation is 1. The second-order valence-electron chi connectivity index (χ2n) is 5.36. The molecule has 1 aliphatic carbocycles. The van der Waals surface area contributed by atoms with Crippen LogP contribution in [0, 0.1) is 12.8 Å². The number of carboxylic acid groups (broad SMARTS) is 1. The number of hydrogen-bond acceptors (Lipinski definition) is 3. The van der Waals surface area contributed by atoms with E-state index in [-0.39, 0.29) is 11.8 Å². The molecule has 0 bridgehead atoms. The number of oxazole rings is 1. The van der Waals surface area contributed by atoms with Crippen molar-refractivity contribution in [2.75, 3.05) is 0 Å². The third kappa shape index (κ3) is 2.23. The molecule has 100 valence electrons. The standard InChI is InChI=1S/C15H17NO3/c1-9-6-7-13-12(8-9)16-14(19-13)10-4-2-3-5-11(10)15(17)18/h6-8,10-11H,2-5H2,1H3,(H,17,18). The molecule has 1 aliphatic rings. The topological polar surface area (TPSA) is 63.3 Å². The highest BCUT2D eigenvalue weighted by atomic mass is 16.4. The van der Waals surface area contributed by atoms with Crippen molar-refractivity contribution in [1.29, 1.82) is 0 Å². The van der Waals surface area contributed by atoms with Gasteiger partial charge in [0.1, 0.15) is 5.52 Å². The van der Waals surface area contributed by atoms with Gasteiger partial charge in [-0.1, -0.05) is 18.9 Å². The molecule has 0 saturated heterocycles. The van der Waals surface area contributed by atoms with Crippen molar-refractivity contribution in [1.82, 2.24) is 4.98 Å². The van der Waals surface area contributed by atoms with Gasteiger partial charge in [0.25, 0.3) is 0 Å². The molecule has 2 atom stereocenters. The molecule has 1 aromatic carbocycles. The molecule has 4 nitrogen and oxygen atoms in total. The predicted molar refractivity (Wildman–Crippen MR) is 71.1 cm³/mol. The Morgan fingerprint density at radius 2 is 2.16 bits per heavy atom. The van der Waals surface area contributed by atoms with Crippen molar-refractivity contribution in [3.8, 4) is 0 Å². The van der Waals surface area contributed by atoms with E-state index in [1.54, 1.807) is 0 Å². The lowest BCUT2D eigenvalue weighted by Gasteiger charge is -2.25. The Morgan fingerprint density at radius 1 is 1.37 bits per heavy atom. The third-order valence-corrected chi connectivity index (χ3v) is 3.96. The predicted octanol–water partition coefficient (Wildman–Crippen LogP) is 3.49. The Balaban J connectivity index is 1.99. The minimum atomic E-state index is -0.733. The first-order valence-electron chi connectivity index (χ1n) is 6.75. The van der Waals surface area contributed by atoms with Crippen molar-refractivity contribution in [2.45, 2.75) is 38.5 Å². The molecule has 1 aromatic heterocycles. The fraction of sp³-hybridized carbons (Fsp3) is 0.467. The van der Waals surface area contributed by atoms with Gasteiger partial charge in [0.2, 0.25) is 0 Å². The maximum absolute atomic E-state index is 11.3. The normalized spacial score (nSPS) is 23.6. The van der Waals surface area contributed by atoms with Crippen LogP contribution in [0.15, 0.2) is 22.6 Å². The highest BCUT2D eigenvalue weighted by Crippen LogP contribution is 2.38. The van der Waals surface area contributed by atoms with Gasteiger partial charge in [0.15, 0.2) is 11.5 Å². The zero-order valence-electron chi connectivity index (χ0n) is 10.9. The van der Waals surface area contributed by atoms with E-state index in [0.29, 0.717) is 5.89 Å². The third-order valence-electron chi connectivity index (χ3n) is 3.96. The Kier molecular flexibility index (Phi) is 3.01. The Bertz CT molecular complexity index is 617. The van der Waals surface area contributed by atoms with E-state index >= 15 is 0 Å². The second-order valence-corrected chi connectivity index (χ2v) is 5.36. The molecule has 1 saturated carbocycles. The number of rotatable bonds is 2. The summed E-state index contributed by atoms with van der Waals surface area (Å²) in [7, 11) is 0. The first-order valence-corrected chi connectivity index (χ1v) is 6.75. The molecule has 19 heavy (non-hydrogen) atoms. The molecule has 1 N–H and O–H groups in total. The molecule has 1 heterocycles. The zero-order chi connectivity index (χ0) is 13.4. The molecular formula is C15H17NO3. The van der Waals surface area contributed by atoms with E-state index in [4.69, 9.17) is 4.42 Å². The molecule has 4 heteroatoms. The van der Waals surface area contributed by atoms with Gasteiger partial charge in [-0.2, -0.15) is 0 Å². The number of carboxylic acids is 1. The van der Waals surface area contributed by atoms with Gasteiger partial charge in [-0.25, -0.2) is 4.98 Å². The van der Waals surface area contributed by atoms with E-state index in [1.807, 2.05) is 25.1 Å². The number of hydrogen-bond donors (Lipinski definition) is 1. The average Bonchev–Trinajstić information content (AvgIpc) is 2.81. The number of nitrogens with zero attached hydrogens (tertiary/aromatic N) is 1. The maximum atomic E-state index is 11.3. The minimum absolute atomic E-state index is 0.0843. The molecule has 2 unspecified atom stereocenters. The van der Waals surface area contributed by atoms with E-state index in [2.05, 4.69) is 4.98 Å². The van der Waals surface area contributed by atoms with Crippen LogP contribution >= 0.6 is 0 Å². The van der Waals surface area contributed by atoms with Crippen LogP contribution in [0.5, 0.6) is 0 Å². The van der Waals surface area contributed by atoms with Crippen LogP contribution in [0.1, 0.15) is 43.1 Å². The van der Waals surface area contributed by atoms with E-state index in [0.717, 1.165) is 42.3 Å². The molecule has 1 fully saturated rings. The highest BCUT2D eigenvalue weighted by molar-refractivity contribution is 5.74. The number of aromatic nitrogens is 1. The number of carbonyl (C=O) groups is 1. The Hall–Kier alpha value is -1.84. The van der Waals surface area contributed by atoms with Crippen molar-refractivity contribution >= 4 is 17.1 Å². The van der Waals surface area contributed by atoms with Gasteiger partial charge >= 0.3 is 5.97 Å². The summed E-state index contributed by atoms with van der Waals surface area (Å²) < 4.78 is 5.77. The van der Waals surface area contributed by atoms with Gasteiger partial charge in [0.05, 0.1) is 5.92 Å². The number of fused-ring (bicyclic) bond motifs is 1. The summed E-state index contributed by atoms with van der Waals surface area (Å²) >= 11 is 0. The van der Waals surface area contributed by atoms with Crippen LogP contribution in [-0.2, 0) is 4.79 Å². The molecule has 3 rings (SSSR count). The largest absolute Gasteiger partial charge is 0.481 e. The maximum Gasteiger partial charge on any atom is 0.307 e. The van der Waals surface area contributed by atoms with Crippen LogP contribution in [0.25, 0.3) is 11.1 Å². The van der Waals surface area contributed by atoms with Crippen LogP contribution < -0.4 is 0 Å². The highest BCUT2D eigenvalue weighted by Gasteiger charge is 2.35. The summed E-state index contributed by atoms with van der Waals surface area (Å²) in [6, 6.07) is 5.85. The van der Waals surface area contributed by atoms with Gasteiger partial charge in [-0.3, -0.25) is 4.79 Å². The van der Waals surface area contributed by atoms with E-state index in [9.17, 15) is 9.90 Å². The Morgan fingerprint density at radius 3 is 2.95 bits per heavy atom. The molecule has 0 aliphatic heterocycles. The monoisotopic (exact) mass is 259 g/mol. The summed E-state index contributed by atoms with van der Waals surface area (Å²) in [5.74, 6) is -0.585. The van der Waals surface area contributed by atoms with Crippen LogP contribution in [0.2, 0.25) is 0 Å². The van der Waals surface area contributed by atoms with Gasteiger partial charge in [-0.05, 0) is 37.5 Å². The lowest BCUT2D eigenvalue weighted by molar-refractivity contribution is -0.143. The SMILES string of the molecule is Cc1ccc2oc(C3CCCCC3C(=O)O)nc2c1. The van der Waals surface area contributed by atoms with Gasteiger partial charge < -0.3 is 9.52 Å². The van der Waals surface area contributed by atoms with Crippen molar-refractivity contribution in [2.24, 2.45) is 5.92 Å². The Labute approximate surface area is 111 Å². The summed E-state index contributed by atoms with van der Waals surface area (Å²) in [5.41, 5.74) is 2.70. The molecule has 0 spiro atoms. The van der Waals surface area contributed by atoms with Crippen molar-refractivity contribution in [3.63, 3.8) is 0 Å². The average molecular weight is 259 g/mol. The fourth-order valence-corrected chi connectivity index (χ4v) is 2.94. The van der Waals surface area contributed by atoms with E-state index in [1.165, 1.54) is 0 Å². The molecule has 0 amide bonds. The summed E-state index contributed by atoms with van der Waals surface area (Å²) in [4.78, 5) is 15.8. The first kappa shape index (κ1) is 12.2. The van der Waals surface area contributed by atoms with Crippen molar-refractivity contribution < 1.29 is 14.3 Å². The lowest BCUT2D eigenvalue weighted by Crippen LogP contribution is -2.25. The van der Waals surface area contributed by atoms with E-state index < -0.39 is 5.97 Å². The van der Waals surface area contributed by atoms with Crippen LogP contribution in [-0.4, -0.2) is 16.1 Å². The van der Waals surface area contributed by atoms with Gasteiger partial charge in [-0.15, -0.1) is 0 Å². The number of aliphatic carboxylic acids is 1. The lowest BCUT2D eigenvalue weighted by atomic mass is 9.79. The quantitative estimate of drug-likeness (QED) is 0.896.